The summed E-state index contributed by atoms with van der Waals surface area (Å²) in [6.07, 6.45) is -0.921. The van der Waals surface area contributed by atoms with Crippen LogP contribution in [0.25, 0.3) is 0 Å². The second-order valence-corrected chi connectivity index (χ2v) is 4.77. The Morgan fingerprint density at radius 2 is 2.30 bits per heavy atom. The zero-order valence-corrected chi connectivity index (χ0v) is 10.9. The van der Waals surface area contributed by atoms with Gasteiger partial charge in [-0.3, -0.25) is 10.1 Å². The molecular weight excluding hydrogens is 270 g/mol. The van der Waals surface area contributed by atoms with Gasteiger partial charge in [0.25, 0.3) is 12.1 Å². The van der Waals surface area contributed by atoms with E-state index in [0.29, 0.717) is 19.1 Å². The molecule has 1 N–H and O–H groups in total. The minimum Gasteiger partial charge on any atom is -0.385 e. The number of anilines is 1. The van der Waals surface area contributed by atoms with Crippen LogP contribution in [0.15, 0.2) is 18.2 Å². The number of rotatable bonds is 6. The third kappa shape index (κ3) is 3.63. The maximum absolute atomic E-state index is 12.9. The Labute approximate surface area is 115 Å². The molecule has 1 aromatic rings. The summed E-state index contributed by atoms with van der Waals surface area (Å²) in [6.45, 7) is 2.01. The van der Waals surface area contributed by atoms with Gasteiger partial charge in [0.2, 0.25) is 0 Å². The number of non-ortho nitro benzene ring substituents is 1. The quantitative estimate of drug-likeness (QED) is 0.643. The fourth-order valence-corrected chi connectivity index (χ4v) is 2.23. The number of hydrogen-bond acceptors (Lipinski definition) is 4. The van der Waals surface area contributed by atoms with Crippen LogP contribution < -0.4 is 5.32 Å². The monoisotopic (exact) mass is 286 g/mol. The summed E-state index contributed by atoms with van der Waals surface area (Å²) < 4.78 is 31.1. The van der Waals surface area contributed by atoms with Crippen LogP contribution in [0.5, 0.6) is 0 Å². The molecule has 7 heteroatoms. The van der Waals surface area contributed by atoms with Gasteiger partial charge in [0.1, 0.15) is 0 Å². The number of benzene rings is 1. The van der Waals surface area contributed by atoms with Crippen LogP contribution in [0.1, 0.15) is 24.8 Å². The molecule has 1 saturated heterocycles. The maximum Gasteiger partial charge on any atom is 0.270 e. The summed E-state index contributed by atoms with van der Waals surface area (Å²) in [4.78, 5) is 9.93. The molecule has 1 fully saturated rings. The van der Waals surface area contributed by atoms with Crippen molar-refractivity contribution in [1.29, 1.82) is 0 Å². The van der Waals surface area contributed by atoms with Gasteiger partial charge in [0, 0.05) is 43.1 Å². The van der Waals surface area contributed by atoms with E-state index in [9.17, 15) is 18.9 Å². The fraction of sp³-hybridized carbons (Fsp3) is 0.538. The van der Waals surface area contributed by atoms with Crippen molar-refractivity contribution in [2.45, 2.75) is 19.3 Å². The number of ether oxygens (including phenoxy) is 1. The summed E-state index contributed by atoms with van der Waals surface area (Å²) >= 11 is 0. The van der Waals surface area contributed by atoms with Crippen molar-refractivity contribution in [3.63, 3.8) is 0 Å². The highest BCUT2D eigenvalue weighted by atomic mass is 19.3. The highest BCUT2D eigenvalue weighted by Crippen LogP contribution is 2.30. The lowest BCUT2D eigenvalue weighted by molar-refractivity contribution is -0.385. The summed E-state index contributed by atoms with van der Waals surface area (Å²) in [5.74, 6) is 0.454. The first-order chi connectivity index (χ1) is 9.58. The van der Waals surface area contributed by atoms with Gasteiger partial charge in [-0.15, -0.1) is 0 Å². The number of alkyl halides is 2. The first kappa shape index (κ1) is 14.6. The van der Waals surface area contributed by atoms with Crippen molar-refractivity contribution in [1.82, 2.24) is 0 Å². The van der Waals surface area contributed by atoms with E-state index in [4.69, 9.17) is 4.74 Å². The van der Waals surface area contributed by atoms with Crippen LogP contribution in [-0.4, -0.2) is 24.7 Å². The summed E-state index contributed by atoms with van der Waals surface area (Å²) in [5.41, 5.74) is -0.401. The predicted molar refractivity (Wildman–Crippen MR) is 70.1 cm³/mol. The Morgan fingerprint density at radius 3 is 2.90 bits per heavy atom. The van der Waals surface area contributed by atoms with Gasteiger partial charge in [-0.05, 0) is 24.8 Å². The van der Waals surface area contributed by atoms with Gasteiger partial charge < -0.3 is 10.1 Å². The molecule has 0 aliphatic carbocycles. The van der Waals surface area contributed by atoms with Crippen LogP contribution in [0.4, 0.5) is 20.2 Å². The number of hydrogen-bond donors (Lipinski definition) is 1. The first-order valence-corrected chi connectivity index (χ1v) is 6.46. The number of nitro groups is 1. The molecule has 1 aliphatic rings. The van der Waals surface area contributed by atoms with Crippen molar-refractivity contribution in [3.8, 4) is 0 Å². The number of nitrogens with one attached hydrogen (secondary N) is 1. The average Bonchev–Trinajstić information content (AvgIpc) is 2.91. The third-order valence-electron chi connectivity index (χ3n) is 3.37. The van der Waals surface area contributed by atoms with E-state index in [1.807, 2.05) is 0 Å². The highest BCUT2D eigenvalue weighted by Gasteiger charge is 2.19. The Bertz CT molecular complexity index is 477. The minimum atomic E-state index is -2.74. The topological polar surface area (TPSA) is 64.4 Å². The molecule has 0 amide bonds. The van der Waals surface area contributed by atoms with Crippen molar-refractivity contribution in [3.05, 3.63) is 33.9 Å². The van der Waals surface area contributed by atoms with Gasteiger partial charge in [0.05, 0.1) is 4.92 Å². The number of nitro benzene ring substituents is 1. The molecule has 1 unspecified atom stereocenters. The molecule has 20 heavy (non-hydrogen) atoms. The zero-order valence-electron chi connectivity index (χ0n) is 10.9. The van der Waals surface area contributed by atoms with Gasteiger partial charge in [-0.2, -0.15) is 0 Å². The minimum absolute atomic E-state index is 0.254. The lowest BCUT2D eigenvalue weighted by atomic mass is 10.1. The zero-order chi connectivity index (χ0) is 14.5. The second kappa shape index (κ2) is 6.60. The van der Waals surface area contributed by atoms with E-state index in [1.54, 1.807) is 0 Å². The molecule has 2 rings (SSSR count). The number of nitrogens with zero attached hydrogens (tertiary/aromatic N) is 1. The summed E-state index contributed by atoms with van der Waals surface area (Å²) in [7, 11) is 0. The molecule has 0 saturated carbocycles. The molecule has 0 spiro atoms. The molecular formula is C13H16F2N2O3. The van der Waals surface area contributed by atoms with Gasteiger partial charge in [-0.1, -0.05) is 0 Å². The van der Waals surface area contributed by atoms with Crippen LogP contribution in [-0.2, 0) is 4.74 Å². The molecule has 0 bridgehead atoms. The third-order valence-corrected chi connectivity index (χ3v) is 3.37. The smallest absolute Gasteiger partial charge is 0.270 e. The Morgan fingerprint density at radius 1 is 1.50 bits per heavy atom. The maximum atomic E-state index is 12.9. The van der Waals surface area contributed by atoms with E-state index < -0.39 is 11.3 Å². The second-order valence-electron chi connectivity index (χ2n) is 4.77. The largest absolute Gasteiger partial charge is 0.385 e. The molecule has 1 aromatic carbocycles. The van der Waals surface area contributed by atoms with Crippen molar-refractivity contribution in [2.75, 3.05) is 25.1 Å². The van der Waals surface area contributed by atoms with Gasteiger partial charge >= 0.3 is 0 Å². The van der Waals surface area contributed by atoms with Crippen LogP contribution in [0.2, 0.25) is 0 Å². The first-order valence-electron chi connectivity index (χ1n) is 6.46. The molecule has 5 nitrogen and oxygen atoms in total. The van der Waals surface area contributed by atoms with Crippen LogP contribution in [0.3, 0.4) is 0 Å². The van der Waals surface area contributed by atoms with E-state index in [0.717, 1.165) is 25.5 Å². The molecule has 1 atom stereocenters. The van der Waals surface area contributed by atoms with E-state index in [2.05, 4.69) is 5.32 Å². The lowest BCUT2D eigenvalue weighted by Gasteiger charge is -2.13. The van der Waals surface area contributed by atoms with Gasteiger partial charge in [0.15, 0.2) is 0 Å². The van der Waals surface area contributed by atoms with E-state index in [-0.39, 0.29) is 16.9 Å². The van der Waals surface area contributed by atoms with Crippen molar-refractivity contribution < 1.29 is 18.4 Å². The molecule has 1 heterocycles. The molecule has 110 valence electrons. The predicted octanol–water partition coefficient (Wildman–Crippen LogP) is 3.37. The van der Waals surface area contributed by atoms with Crippen LogP contribution in [0, 0.1) is 16.0 Å². The molecule has 1 aliphatic heterocycles. The van der Waals surface area contributed by atoms with Crippen molar-refractivity contribution >= 4 is 11.4 Å². The summed E-state index contributed by atoms with van der Waals surface area (Å²) in [6, 6.07) is 3.49. The summed E-state index contributed by atoms with van der Waals surface area (Å²) in [5, 5.41) is 13.5. The fourth-order valence-electron chi connectivity index (χ4n) is 2.23. The Balaban J connectivity index is 2.00. The Hall–Kier alpha value is -1.76. The van der Waals surface area contributed by atoms with Gasteiger partial charge in [-0.25, -0.2) is 8.78 Å². The SMILES string of the molecule is O=[N+]([O-])c1ccc(NCCC2CCOC2)c(C(F)F)c1. The number of halogens is 2. The normalized spacial score (nSPS) is 18.4. The van der Waals surface area contributed by atoms with E-state index >= 15 is 0 Å². The average molecular weight is 286 g/mol. The van der Waals surface area contributed by atoms with Crippen LogP contribution >= 0.6 is 0 Å². The van der Waals surface area contributed by atoms with E-state index in [1.165, 1.54) is 12.1 Å². The lowest BCUT2D eigenvalue weighted by Crippen LogP contribution is -2.10. The Kier molecular flexibility index (Phi) is 4.84. The standard InChI is InChI=1S/C13H16F2N2O3/c14-13(15)11-7-10(17(18)19)1-2-12(11)16-5-3-9-4-6-20-8-9/h1-2,7,9,13,16H,3-6,8H2. The molecule has 0 radical (unpaired) electrons. The highest BCUT2D eigenvalue weighted by molar-refractivity contribution is 5.56. The molecule has 0 aromatic heterocycles. The van der Waals surface area contributed by atoms with Crippen molar-refractivity contribution in [2.24, 2.45) is 5.92 Å².